The Labute approximate surface area is 192 Å². The average molecular weight is 471 g/mol. The average Bonchev–Trinajstić information content (AvgIpc) is 3.37. The molecule has 3 N–H and O–H groups in total. The van der Waals surface area contributed by atoms with Crippen LogP contribution >= 0.6 is 0 Å². The Balaban J connectivity index is 0.000000325. The fraction of sp³-hybridized carbons (Fsp3) is 0.870. The number of nitrogens with zero attached hydrogens (tertiary/aromatic N) is 3. The van der Waals surface area contributed by atoms with E-state index in [0.717, 1.165) is 31.7 Å². The Hall–Kier alpha value is -1.86. The van der Waals surface area contributed by atoms with Gasteiger partial charge in [-0.15, -0.1) is 0 Å². The van der Waals surface area contributed by atoms with Gasteiger partial charge in [0.2, 0.25) is 5.91 Å². The van der Waals surface area contributed by atoms with E-state index in [1.54, 1.807) is 0 Å². The molecule has 33 heavy (non-hydrogen) atoms. The highest BCUT2D eigenvalue weighted by molar-refractivity contribution is 5.84. The number of likely N-dealkylation sites (tertiary alicyclic amines) is 1. The molecule has 7 nitrogen and oxygen atoms in total. The molecule has 2 unspecified atom stereocenters. The Morgan fingerprint density at radius 3 is 2.06 bits per heavy atom. The maximum Gasteiger partial charge on any atom is 0.490 e. The second kappa shape index (κ2) is 9.41. The predicted octanol–water partition coefficient (Wildman–Crippen LogP) is 3.04. The molecule has 1 amide bonds. The first kappa shape index (κ1) is 24.3. The summed E-state index contributed by atoms with van der Waals surface area (Å²) in [5, 5.41) is 16.5. The number of carbonyl (C=O) groups is 2. The van der Waals surface area contributed by atoms with E-state index in [1.807, 2.05) is 4.90 Å². The molecule has 3 saturated heterocycles. The molecule has 2 aliphatic carbocycles. The van der Waals surface area contributed by atoms with Crippen molar-refractivity contribution in [3.8, 4) is 6.07 Å². The highest BCUT2D eigenvalue weighted by Crippen LogP contribution is 2.49. The van der Waals surface area contributed by atoms with E-state index in [4.69, 9.17) is 15.6 Å². The van der Waals surface area contributed by atoms with Gasteiger partial charge in [-0.25, -0.2) is 4.79 Å². The minimum Gasteiger partial charge on any atom is -0.475 e. The van der Waals surface area contributed by atoms with Gasteiger partial charge < -0.3 is 15.7 Å². The molecule has 184 valence electrons. The van der Waals surface area contributed by atoms with Crippen molar-refractivity contribution in [1.82, 2.24) is 9.80 Å². The Morgan fingerprint density at radius 2 is 1.55 bits per heavy atom. The molecule has 5 fully saturated rings. The van der Waals surface area contributed by atoms with Crippen molar-refractivity contribution in [2.24, 2.45) is 17.6 Å². The normalized spacial score (nSPS) is 36.9. The van der Waals surface area contributed by atoms with Crippen molar-refractivity contribution in [2.75, 3.05) is 0 Å². The van der Waals surface area contributed by atoms with Crippen molar-refractivity contribution >= 4 is 11.9 Å². The lowest BCUT2D eigenvalue weighted by Gasteiger charge is -2.46. The maximum atomic E-state index is 13.1. The largest absolute Gasteiger partial charge is 0.490 e. The van der Waals surface area contributed by atoms with Gasteiger partial charge in [0.05, 0.1) is 12.1 Å². The fourth-order valence-corrected chi connectivity index (χ4v) is 6.79. The number of hydrogen-bond donors (Lipinski definition) is 2. The van der Waals surface area contributed by atoms with Gasteiger partial charge in [-0.05, 0) is 63.2 Å². The van der Waals surface area contributed by atoms with Gasteiger partial charge in [-0.3, -0.25) is 9.69 Å². The van der Waals surface area contributed by atoms with E-state index in [1.165, 1.54) is 44.9 Å². The van der Waals surface area contributed by atoms with Crippen LogP contribution in [0.15, 0.2) is 0 Å². The number of halogens is 3. The first-order chi connectivity index (χ1) is 15.6. The first-order valence-corrected chi connectivity index (χ1v) is 12.2. The Bertz CT molecular complexity index is 781. The minimum absolute atomic E-state index is 0.0667. The number of carbonyl (C=O) groups excluding carboxylic acids is 1. The summed E-state index contributed by atoms with van der Waals surface area (Å²) in [5.74, 6) is -1.82. The van der Waals surface area contributed by atoms with E-state index in [-0.39, 0.29) is 11.9 Å². The van der Waals surface area contributed by atoms with Crippen molar-refractivity contribution in [1.29, 1.82) is 5.26 Å². The number of alkyl halides is 3. The number of rotatable bonds is 3. The summed E-state index contributed by atoms with van der Waals surface area (Å²) in [6, 6.07) is 4.08. The van der Waals surface area contributed by atoms with Crippen LogP contribution in [0.1, 0.15) is 70.6 Å². The maximum absolute atomic E-state index is 13.1. The molecule has 0 aromatic rings. The lowest BCUT2D eigenvalue weighted by Crippen LogP contribution is -2.56. The molecule has 6 atom stereocenters. The second-order valence-corrected chi connectivity index (χ2v) is 10.4. The number of nitrogens with two attached hydrogens (primary N) is 1. The standard InChI is InChI=1S/C21H32N4O.C2HF3O2/c22-12-18-8-13-11-19(13)25(18)21(26)20(23)14-9-16-6-7-17(10-14)24(16)15-4-2-1-3-5-15;3-2(4,5)1(6)7/h13-20H,1-11,23H2;(H,6,7)/t13-,14?,16?,17?,18+,19+,20+;/m1./s1. The predicted molar refractivity (Wildman–Crippen MR) is 113 cm³/mol. The quantitative estimate of drug-likeness (QED) is 0.656. The summed E-state index contributed by atoms with van der Waals surface area (Å²) < 4.78 is 31.7. The number of carboxylic acids is 1. The number of nitriles is 1. The Morgan fingerprint density at radius 1 is 0.970 bits per heavy atom. The molecule has 3 heterocycles. The van der Waals surface area contributed by atoms with Gasteiger partial charge >= 0.3 is 12.1 Å². The lowest BCUT2D eigenvalue weighted by atomic mass is 9.82. The van der Waals surface area contributed by atoms with Crippen LogP contribution in [0, 0.1) is 23.2 Å². The van der Waals surface area contributed by atoms with Crippen molar-refractivity contribution in [3.05, 3.63) is 0 Å². The zero-order chi connectivity index (χ0) is 23.9. The molecule has 5 rings (SSSR count). The monoisotopic (exact) mass is 470 g/mol. The van der Waals surface area contributed by atoms with Crippen LogP contribution in [0.4, 0.5) is 13.2 Å². The molecule has 2 saturated carbocycles. The number of aliphatic carboxylic acids is 1. The van der Waals surface area contributed by atoms with Gasteiger partial charge in [-0.1, -0.05) is 19.3 Å². The third-order valence-corrected chi connectivity index (χ3v) is 8.37. The van der Waals surface area contributed by atoms with Crippen LogP contribution in [0.25, 0.3) is 0 Å². The lowest BCUT2D eigenvalue weighted by molar-refractivity contribution is -0.192. The van der Waals surface area contributed by atoms with E-state index in [9.17, 15) is 23.2 Å². The smallest absolute Gasteiger partial charge is 0.475 e. The van der Waals surface area contributed by atoms with E-state index < -0.39 is 18.2 Å². The highest BCUT2D eigenvalue weighted by Gasteiger charge is 2.56. The van der Waals surface area contributed by atoms with Crippen LogP contribution in [0.2, 0.25) is 0 Å². The highest BCUT2D eigenvalue weighted by atomic mass is 19.4. The number of piperidine rings is 2. The molecule has 5 aliphatic rings. The summed E-state index contributed by atoms with van der Waals surface area (Å²) >= 11 is 0. The second-order valence-electron chi connectivity index (χ2n) is 10.4. The van der Waals surface area contributed by atoms with E-state index >= 15 is 0 Å². The zero-order valence-corrected chi connectivity index (χ0v) is 18.7. The molecule has 10 heteroatoms. The molecule has 0 aromatic heterocycles. The summed E-state index contributed by atoms with van der Waals surface area (Å²) in [5.41, 5.74) is 6.53. The molecular weight excluding hydrogens is 437 g/mol. The van der Waals surface area contributed by atoms with Gasteiger partial charge in [-0.2, -0.15) is 18.4 Å². The van der Waals surface area contributed by atoms with Gasteiger partial charge in [0, 0.05) is 24.2 Å². The van der Waals surface area contributed by atoms with Crippen molar-refractivity contribution in [2.45, 2.75) is 113 Å². The molecule has 2 bridgehead atoms. The van der Waals surface area contributed by atoms with Gasteiger partial charge in [0.25, 0.3) is 0 Å². The van der Waals surface area contributed by atoms with Crippen LogP contribution in [0.5, 0.6) is 0 Å². The van der Waals surface area contributed by atoms with E-state index in [0.29, 0.717) is 30.0 Å². The summed E-state index contributed by atoms with van der Waals surface area (Å²) in [6.07, 6.45) is 8.50. The molecule has 3 aliphatic heterocycles. The van der Waals surface area contributed by atoms with Crippen molar-refractivity contribution < 1.29 is 27.9 Å². The summed E-state index contributed by atoms with van der Waals surface area (Å²) in [4.78, 5) is 26.7. The number of carboxylic acid groups (broad SMARTS) is 1. The molecule has 0 aromatic carbocycles. The molecular formula is C23H33F3N4O3. The van der Waals surface area contributed by atoms with Gasteiger partial charge in [0.15, 0.2) is 0 Å². The molecule has 0 spiro atoms. The third-order valence-electron chi connectivity index (χ3n) is 8.37. The number of fused-ring (bicyclic) bond motifs is 3. The van der Waals surface area contributed by atoms with Gasteiger partial charge in [0.1, 0.15) is 6.04 Å². The summed E-state index contributed by atoms with van der Waals surface area (Å²) in [6.45, 7) is 0. The van der Waals surface area contributed by atoms with Crippen LogP contribution < -0.4 is 5.73 Å². The minimum atomic E-state index is -5.08. The fourth-order valence-electron chi connectivity index (χ4n) is 6.79. The zero-order valence-electron chi connectivity index (χ0n) is 18.7. The van der Waals surface area contributed by atoms with Crippen LogP contribution in [0.3, 0.4) is 0 Å². The van der Waals surface area contributed by atoms with Crippen LogP contribution in [-0.2, 0) is 9.59 Å². The SMILES string of the molecule is N#C[C@@H]1C[C@@H]2C[C@@H]2N1C(=O)[C@@H](N)C1CC2CCC(C1)N2C1CCCCC1.O=C(O)C(F)(F)F. The number of hydrogen-bond acceptors (Lipinski definition) is 5. The topological polar surface area (TPSA) is 111 Å². The molecule has 0 radical (unpaired) electrons. The third kappa shape index (κ3) is 4.99. The van der Waals surface area contributed by atoms with Crippen LogP contribution in [-0.4, -0.2) is 69.2 Å². The number of amides is 1. The summed E-state index contributed by atoms with van der Waals surface area (Å²) in [7, 11) is 0. The Kier molecular flexibility index (Phi) is 6.92. The first-order valence-electron chi connectivity index (χ1n) is 12.2. The van der Waals surface area contributed by atoms with Crippen molar-refractivity contribution in [3.63, 3.8) is 0 Å². The van der Waals surface area contributed by atoms with E-state index in [2.05, 4.69) is 11.0 Å².